The number of esters is 2. The second-order valence-corrected chi connectivity index (χ2v) is 13.2. The van der Waals surface area contributed by atoms with Crippen LogP contribution in [0.3, 0.4) is 0 Å². The third-order valence-electron chi connectivity index (χ3n) is 5.22. The Bertz CT molecular complexity index is 1210. The average molecular weight is 600 g/mol. The lowest BCUT2D eigenvalue weighted by molar-refractivity contribution is -0.163. The van der Waals surface area contributed by atoms with E-state index in [1.165, 1.54) is 6.33 Å². The molecular formula is C26H42N5O9P. The van der Waals surface area contributed by atoms with Crippen LogP contribution in [0.15, 0.2) is 23.5 Å². The van der Waals surface area contributed by atoms with Gasteiger partial charge < -0.3 is 19.1 Å². The van der Waals surface area contributed by atoms with E-state index < -0.39 is 56.4 Å². The van der Waals surface area contributed by atoms with Crippen molar-refractivity contribution in [2.24, 2.45) is 15.8 Å². The first-order valence-electron chi connectivity index (χ1n) is 13.0. The van der Waals surface area contributed by atoms with Gasteiger partial charge in [0.1, 0.15) is 11.8 Å². The molecule has 0 saturated carbocycles. The number of carbonyl (C=O) groups is 2. The molecule has 0 aliphatic rings. The second kappa shape index (κ2) is 14.3. The van der Waals surface area contributed by atoms with E-state index in [2.05, 4.69) is 15.1 Å². The molecule has 0 amide bonds. The molecule has 0 aliphatic heterocycles. The Kier molecular flexibility index (Phi) is 12.0. The average Bonchev–Trinajstić information content (AvgIpc) is 3.30. The number of hydrogen-bond donors (Lipinski definition) is 0. The smallest absolute Gasteiger partial charge is 0.437 e. The second-order valence-electron chi connectivity index (χ2n) is 11.5. The maximum atomic E-state index is 13.3. The van der Waals surface area contributed by atoms with Crippen molar-refractivity contribution < 1.29 is 41.9 Å². The van der Waals surface area contributed by atoms with Crippen molar-refractivity contribution in [2.75, 3.05) is 34.3 Å². The van der Waals surface area contributed by atoms with E-state index in [4.69, 9.17) is 27.8 Å². The van der Waals surface area contributed by atoms with E-state index in [-0.39, 0.29) is 6.61 Å². The first kappa shape index (κ1) is 34.3. The minimum absolute atomic E-state index is 0.223. The SMILES string of the molecule is CC(COP(=O)(OCOC(=O)C(C)(C)C)OCOC(=O)C(C)(C)C)O[C@H](C)c1ccc2c(/N=C/N(C)C)ncnn12. The molecule has 0 N–H and O–H groups in total. The summed E-state index contributed by atoms with van der Waals surface area (Å²) in [5.74, 6) is -0.654. The Morgan fingerprint density at radius 2 is 1.56 bits per heavy atom. The molecule has 2 rings (SSSR count). The maximum absolute atomic E-state index is 13.3. The van der Waals surface area contributed by atoms with Gasteiger partial charge in [-0.15, -0.1) is 0 Å². The van der Waals surface area contributed by atoms with E-state index in [9.17, 15) is 14.2 Å². The summed E-state index contributed by atoms with van der Waals surface area (Å²) in [4.78, 5) is 34.5. The van der Waals surface area contributed by atoms with Gasteiger partial charge in [0.25, 0.3) is 0 Å². The number of carbonyl (C=O) groups excluding carboxylic acids is 2. The monoisotopic (exact) mass is 599 g/mol. The van der Waals surface area contributed by atoms with Crippen molar-refractivity contribution in [3.63, 3.8) is 0 Å². The number of ether oxygens (including phenoxy) is 3. The Labute approximate surface area is 240 Å². The molecule has 41 heavy (non-hydrogen) atoms. The summed E-state index contributed by atoms with van der Waals surface area (Å²) in [6.07, 6.45) is 1.99. The number of rotatable bonds is 14. The summed E-state index contributed by atoms with van der Waals surface area (Å²) in [6.45, 7) is 11.9. The molecule has 0 fully saturated rings. The molecule has 2 heterocycles. The molecule has 2 aromatic heterocycles. The molecule has 2 atom stereocenters. The molecule has 0 saturated heterocycles. The van der Waals surface area contributed by atoms with Gasteiger partial charge in [0.05, 0.1) is 41.7 Å². The fraction of sp³-hybridized carbons (Fsp3) is 0.654. The molecule has 0 bridgehead atoms. The van der Waals surface area contributed by atoms with Crippen LogP contribution in [-0.4, -0.2) is 78.2 Å². The van der Waals surface area contributed by atoms with Crippen LogP contribution in [-0.2, 0) is 41.9 Å². The van der Waals surface area contributed by atoms with Crippen LogP contribution in [0.4, 0.5) is 5.82 Å². The number of aromatic nitrogens is 3. The van der Waals surface area contributed by atoms with Gasteiger partial charge in [0.15, 0.2) is 5.82 Å². The van der Waals surface area contributed by atoms with Gasteiger partial charge in [-0.25, -0.2) is 28.1 Å². The topological polar surface area (TPSA) is 152 Å². The molecule has 0 spiro atoms. The van der Waals surface area contributed by atoms with E-state index in [0.717, 1.165) is 5.69 Å². The lowest BCUT2D eigenvalue weighted by Crippen LogP contribution is -2.25. The molecule has 15 heteroatoms. The Balaban J connectivity index is 2.06. The van der Waals surface area contributed by atoms with Gasteiger partial charge in [-0.3, -0.25) is 14.1 Å². The number of fused-ring (bicyclic) bond motifs is 1. The van der Waals surface area contributed by atoms with Crippen molar-refractivity contribution in [3.8, 4) is 0 Å². The van der Waals surface area contributed by atoms with Crippen molar-refractivity contribution in [2.45, 2.75) is 67.6 Å². The van der Waals surface area contributed by atoms with Crippen LogP contribution >= 0.6 is 7.82 Å². The van der Waals surface area contributed by atoms with Crippen LogP contribution in [0.25, 0.3) is 5.52 Å². The molecule has 1 unspecified atom stereocenters. The fourth-order valence-corrected chi connectivity index (χ4v) is 3.99. The molecule has 2 aromatic rings. The highest BCUT2D eigenvalue weighted by Crippen LogP contribution is 2.49. The fourth-order valence-electron chi connectivity index (χ4n) is 3.01. The largest absolute Gasteiger partial charge is 0.480 e. The number of nitrogens with zero attached hydrogens (tertiary/aromatic N) is 5. The Hall–Kier alpha value is -2.90. The van der Waals surface area contributed by atoms with Crippen LogP contribution in [0.5, 0.6) is 0 Å². The maximum Gasteiger partial charge on any atom is 0.480 e. The van der Waals surface area contributed by atoms with Gasteiger partial charge >= 0.3 is 19.8 Å². The highest BCUT2D eigenvalue weighted by atomic mass is 31.2. The zero-order chi connectivity index (χ0) is 31.0. The third-order valence-corrected chi connectivity index (χ3v) is 6.53. The summed E-state index contributed by atoms with van der Waals surface area (Å²) < 4.78 is 46.9. The summed E-state index contributed by atoms with van der Waals surface area (Å²) >= 11 is 0. The van der Waals surface area contributed by atoms with Gasteiger partial charge in [-0.2, -0.15) is 5.10 Å². The summed E-state index contributed by atoms with van der Waals surface area (Å²) in [5.41, 5.74) is -0.179. The van der Waals surface area contributed by atoms with E-state index in [1.54, 1.807) is 64.2 Å². The Morgan fingerprint density at radius 3 is 2.07 bits per heavy atom. The predicted octanol–water partition coefficient (Wildman–Crippen LogP) is 4.67. The highest BCUT2D eigenvalue weighted by molar-refractivity contribution is 7.48. The normalized spacial score (nSPS) is 14.3. The van der Waals surface area contributed by atoms with Crippen LogP contribution in [0.1, 0.15) is 67.2 Å². The predicted molar refractivity (Wildman–Crippen MR) is 150 cm³/mol. The first-order valence-corrected chi connectivity index (χ1v) is 14.5. The summed E-state index contributed by atoms with van der Waals surface area (Å²) in [7, 11) is -0.620. The van der Waals surface area contributed by atoms with Crippen LogP contribution in [0, 0.1) is 10.8 Å². The molecule has 0 radical (unpaired) electrons. The molecule has 0 aromatic carbocycles. The zero-order valence-electron chi connectivity index (χ0n) is 25.4. The van der Waals surface area contributed by atoms with E-state index >= 15 is 0 Å². The zero-order valence-corrected chi connectivity index (χ0v) is 26.3. The van der Waals surface area contributed by atoms with Gasteiger partial charge in [0, 0.05) is 14.1 Å². The van der Waals surface area contributed by atoms with Crippen molar-refractivity contribution in [3.05, 3.63) is 24.2 Å². The molecule has 14 nitrogen and oxygen atoms in total. The van der Waals surface area contributed by atoms with E-state index in [1.807, 2.05) is 33.2 Å². The molecule has 0 aliphatic carbocycles. The number of hydrogen-bond acceptors (Lipinski definition) is 12. The lowest BCUT2D eigenvalue weighted by Gasteiger charge is -2.23. The van der Waals surface area contributed by atoms with Crippen molar-refractivity contribution in [1.82, 2.24) is 19.5 Å². The Morgan fingerprint density at radius 1 is 1.00 bits per heavy atom. The number of phosphoric ester groups is 1. The third kappa shape index (κ3) is 10.8. The van der Waals surface area contributed by atoms with Gasteiger partial charge in [-0.05, 0) is 67.5 Å². The summed E-state index contributed by atoms with van der Waals surface area (Å²) in [6, 6.07) is 3.69. The van der Waals surface area contributed by atoms with E-state index in [0.29, 0.717) is 11.3 Å². The molecule has 230 valence electrons. The van der Waals surface area contributed by atoms with Crippen molar-refractivity contribution >= 4 is 37.4 Å². The lowest BCUT2D eigenvalue weighted by atomic mass is 9.98. The minimum Gasteiger partial charge on any atom is -0.437 e. The summed E-state index contributed by atoms with van der Waals surface area (Å²) in [5, 5.41) is 4.31. The minimum atomic E-state index is -4.34. The van der Waals surface area contributed by atoms with Crippen molar-refractivity contribution in [1.29, 1.82) is 0 Å². The number of phosphoric acid groups is 1. The number of aliphatic imine (C=N–C) groups is 1. The standard InChI is InChI=1S/C26H42N5O9P/c1-18(40-19(2)20-11-12-21-22(28-15-30(9)10)27-14-29-31(20)21)13-37-41(34,38-16-35-23(32)25(3,4)5)39-17-36-24(33)26(6,7)8/h11-12,14-15,18-19H,13,16-17H2,1-10H3/b28-15+/t18?,19-/m1/s1. The first-order chi connectivity index (χ1) is 18.9. The highest BCUT2D eigenvalue weighted by Gasteiger charge is 2.32. The van der Waals surface area contributed by atoms with Gasteiger partial charge in [0.2, 0.25) is 13.6 Å². The van der Waals surface area contributed by atoms with Crippen LogP contribution in [0.2, 0.25) is 0 Å². The molecular weight excluding hydrogens is 557 g/mol. The van der Waals surface area contributed by atoms with Crippen LogP contribution < -0.4 is 0 Å². The van der Waals surface area contributed by atoms with Gasteiger partial charge in [-0.1, -0.05) is 0 Å². The quantitative estimate of drug-likeness (QED) is 0.0975.